The Labute approximate surface area is 304 Å². The number of benzene rings is 5. The summed E-state index contributed by atoms with van der Waals surface area (Å²) < 4.78 is 0. The molecule has 6 aromatic carbocycles. The predicted octanol–water partition coefficient (Wildman–Crippen LogP) is 12.7. The molecule has 2 unspecified atom stereocenters. The molecule has 234 valence electrons. The van der Waals surface area contributed by atoms with Crippen LogP contribution >= 0.6 is 0 Å². The third-order valence-corrected chi connectivity index (χ3v) is 8.47. The molecule has 0 nitrogen and oxygen atoms in total. The molecule has 47 heavy (non-hydrogen) atoms. The molecule has 0 N–H and O–H groups in total. The fourth-order valence-electron chi connectivity index (χ4n) is 6.29. The van der Waals surface area contributed by atoms with Gasteiger partial charge in [-0.2, -0.15) is 11.1 Å². The van der Waals surface area contributed by atoms with Gasteiger partial charge < -0.3 is 0 Å². The van der Waals surface area contributed by atoms with Crippen molar-refractivity contribution in [1.29, 1.82) is 0 Å². The quantitative estimate of drug-likeness (QED) is 0.121. The van der Waals surface area contributed by atoms with Crippen molar-refractivity contribution in [3.8, 4) is 22.3 Å². The van der Waals surface area contributed by atoms with Crippen LogP contribution in [0.15, 0.2) is 140 Å². The zero-order valence-corrected chi connectivity index (χ0v) is 33.0. The van der Waals surface area contributed by atoms with Gasteiger partial charge in [-0.25, -0.2) is 11.1 Å². The number of hydrogen-bond acceptors (Lipinski definition) is 0. The standard InChI is InChI=1S/C21H15.2C11H11.C2H6Si.Hf/c1-3-8-16(9-4-1)19-14-18-12-7-13-20(21(18)15-19)17-10-5-2-6-11-17;2*1-8-7-9(2)11-6-4-3-5-10(8)11;1-3-2;/h1-15H;2*3-6,8H,1-2H3;1-2H3;/q3*-1;;. The Morgan fingerprint density at radius 3 is 1.45 bits per heavy atom. The molecule has 0 aromatic heterocycles. The maximum absolute atomic E-state index is 3.40. The average molecular weight is 790 g/mol. The Hall–Kier alpha value is -3.72. The number of hydrogen-bond donors (Lipinski definition) is 0. The van der Waals surface area contributed by atoms with Gasteiger partial charge in [0.05, 0.1) is 0 Å². The number of fused-ring (bicyclic) bond motifs is 3. The zero-order valence-electron chi connectivity index (χ0n) is 28.4. The smallest absolute Gasteiger partial charge is 0.0307 e. The van der Waals surface area contributed by atoms with E-state index in [1.807, 2.05) is 0 Å². The normalized spacial score (nSPS) is 15.2. The van der Waals surface area contributed by atoms with E-state index in [9.17, 15) is 0 Å². The first-order valence-electron chi connectivity index (χ1n) is 16.2. The Morgan fingerprint density at radius 1 is 0.532 bits per heavy atom. The molecule has 0 bridgehead atoms. The summed E-state index contributed by atoms with van der Waals surface area (Å²) in [6, 6.07) is 49.3. The fourth-order valence-corrected chi connectivity index (χ4v) is 6.29. The summed E-state index contributed by atoms with van der Waals surface area (Å²) in [5.41, 5.74) is 13.3. The molecule has 0 saturated heterocycles. The summed E-state index contributed by atoms with van der Waals surface area (Å²) in [4.78, 5) is 0. The largest absolute Gasteiger partial charge is 0.266 e. The summed E-state index contributed by atoms with van der Waals surface area (Å²) in [6.45, 7) is 12.9. The minimum atomic E-state index is 0. The summed E-state index contributed by atoms with van der Waals surface area (Å²) in [7, 11) is 1.08. The summed E-state index contributed by atoms with van der Waals surface area (Å²) in [5, 5.41) is 2.62. The van der Waals surface area contributed by atoms with Crippen LogP contribution in [-0.2, 0) is 25.8 Å². The molecular formula is C45H43HfSi-3. The van der Waals surface area contributed by atoms with Crippen molar-refractivity contribution in [2.45, 2.75) is 52.6 Å². The van der Waals surface area contributed by atoms with E-state index in [0.717, 1.165) is 9.52 Å². The van der Waals surface area contributed by atoms with Crippen molar-refractivity contribution < 1.29 is 25.8 Å². The van der Waals surface area contributed by atoms with E-state index in [4.69, 9.17) is 0 Å². The van der Waals surface area contributed by atoms with Crippen LogP contribution in [0.4, 0.5) is 0 Å². The van der Waals surface area contributed by atoms with E-state index in [2.05, 4.69) is 192 Å². The van der Waals surface area contributed by atoms with Crippen molar-refractivity contribution in [2.24, 2.45) is 0 Å². The molecule has 2 atom stereocenters. The number of allylic oxidation sites excluding steroid dienone is 4. The van der Waals surface area contributed by atoms with Gasteiger partial charge >= 0.3 is 0 Å². The van der Waals surface area contributed by atoms with Gasteiger partial charge in [-0.3, -0.25) is 12.2 Å². The molecule has 0 fully saturated rings. The topological polar surface area (TPSA) is 0 Å². The van der Waals surface area contributed by atoms with Gasteiger partial charge in [0, 0.05) is 35.4 Å². The van der Waals surface area contributed by atoms with Gasteiger partial charge in [0.1, 0.15) is 0 Å². The third kappa shape index (κ3) is 8.80. The van der Waals surface area contributed by atoms with Gasteiger partial charge in [-0.05, 0) is 5.56 Å². The second-order valence-electron chi connectivity index (χ2n) is 11.9. The van der Waals surface area contributed by atoms with Crippen molar-refractivity contribution in [1.82, 2.24) is 0 Å². The van der Waals surface area contributed by atoms with E-state index in [0.29, 0.717) is 11.8 Å². The van der Waals surface area contributed by atoms with E-state index in [1.165, 1.54) is 66.4 Å². The van der Waals surface area contributed by atoms with E-state index in [-0.39, 0.29) is 25.8 Å². The molecular weight excluding hydrogens is 747 g/mol. The van der Waals surface area contributed by atoms with Crippen LogP contribution < -0.4 is 0 Å². The van der Waals surface area contributed by atoms with E-state index < -0.39 is 0 Å². The molecule has 6 aromatic rings. The summed E-state index contributed by atoms with van der Waals surface area (Å²) >= 11 is 0. The average Bonchev–Trinajstić information content (AvgIpc) is 3.76. The minimum absolute atomic E-state index is 0. The predicted molar refractivity (Wildman–Crippen MR) is 202 cm³/mol. The molecule has 2 heteroatoms. The van der Waals surface area contributed by atoms with Crippen LogP contribution in [0.1, 0.15) is 61.8 Å². The first kappa shape index (κ1) is 36.1. The first-order valence-corrected chi connectivity index (χ1v) is 18.2. The number of rotatable bonds is 2. The maximum atomic E-state index is 3.40. The molecule has 0 saturated carbocycles. The van der Waals surface area contributed by atoms with Crippen molar-refractivity contribution in [3.63, 3.8) is 0 Å². The van der Waals surface area contributed by atoms with E-state index >= 15 is 0 Å². The first-order chi connectivity index (χ1) is 22.4. The molecule has 0 heterocycles. The van der Waals surface area contributed by atoms with Crippen LogP contribution in [0.3, 0.4) is 0 Å². The fraction of sp³-hybridized carbons (Fsp3) is 0.178. The van der Waals surface area contributed by atoms with E-state index in [1.54, 1.807) is 0 Å². The van der Waals surface area contributed by atoms with Crippen molar-refractivity contribution in [3.05, 3.63) is 174 Å². The third-order valence-electron chi connectivity index (χ3n) is 8.47. The van der Waals surface area contributed by atoms with Gasteiger partial charge in [0.25, 0.3) is 0 Å². The Morgan fingerprint density at radius 2 is 0.957 bits per heavy atom. The Kier molecular flexibility index (Phi) is 13.4. The van der Waals surface area contributed by atoms with Crippen LogP contribution in [0.25, 0.3) is 44.2 Å². The van der Waals surface area contributed by atoms with Gasteiger partial charge in [-0.1, -0.05) is 173 Å². The molecule has 0 spiro atoms. The molecule has 0 aliphatic heterocycles. The maximum Gasteiger partial charge on any atom is 0.0307 e. The molecule has 2 aliphatic rings. The van der Waals surface area contributed by atoms with Crippen molar-refractivity contribution in [2.75, 3.05) is 0 Å². The van der Waals surface area contributed by atoms with Gasteiger partial charge in [0.2, 0.25) is 0 Å². The SMILES string of the molecule is CC1=[C-]C(C)c2ccccc21.CC1=[C-]C(C)c2ccccc21.C[Si]C.[Hf].c1ccc(-c2cc3c(-c4ccccc4)cccc3[cH-]2)cc1. The molecule has 0 amide bonds. The molecule has 2 radical (unpaired) electrons. The van der Waals surface area contributed by atoms with Crippen LogP contribution in [0, 0.1) is 12.2 Å². The van der Waals surface area contributed by atoms with Crippen LogP contribution in [0.2, 0.25) is 13.1 Å². The summed E-state index contributed by atoms with van der Waals surface area (Å²) in [5.74, 6) is 0.984. The Balaban J connectivity index is 0.000000164. The molecule has 2 aliphatic carbocycles. The Bertz CT molecular complexity index is 1860. The van der Waals surface area contributed by atoms with Gasteiger partial charge in [0.15, 0.2) is 0 Å². The second-order valence-corrected chi connectivity index (χ2v) is 12.9. The monoisotopic (exact) mass is 791 g/mol. The molecule has 8 rings (SSSR count). The van der Waals surface area contributed by atoms with Crippen LogP contribution in [-0.4, -0.2) is 9.52 Å². The van der Waals surface area contributed by atoms with Crippen molar-refractivity contribution >= 4 is 31.4 Å². The minimum Gasteiger partial charge on any atom is -0.266 e. The van der Waals surface area contributed by atoms with Crippen LogP contribution in [0.5, 0.6) is 0 Å². The zero-order chi connectivity index (χ0) is 32.5. The second kappa shape index (κ2) is 17.4. The van der Waals surface area contributed by atoms with Gasteiger partial charge in [-0.15, -0.1) is 57.8 Å². The summed E-state index contributed by atoms with van der Waals surface area (Å²) in [6.07, 6.45) is 6.80.